The van der Waals surface area contributed by atoms with Crippen LogP contribution in [-0.4, -0.2) is 44.0 Å². The lowest BCUT2D eigenvalue weighted by Gasteiger charge is -2.35. The lowest BCUT2D eigenvalue weighted by atomic mass is 9.93. The van der Waals surface area contributed by atoms with E-state index in [1.54, 1.807) is 0 Å². The lowest BCUT2D eigenvalue weighted by molar-refractivity contribution is 0.173. The number of nitriles is 1. The normalized spacial score (nSPS) is 28.7. The molecule has 0 heterocycles. The highest BCUT2D eigenvalue weighted by Crippen LogP contribution is 2.27. The van der Waals surface area contributed by atoms with E-state index >= 15 is 0 Å². The van der Waals surface area contributed by atoms with Crippen LogP contribution in [0, 0.1) is 11.3 Å². The van der Waals surface area contributed by atoms with Crippen molar-refractivity contribution < 1.29 is 8.42 Å². The predicted octanol–water partition coefficient (Wildman–Crippen LogP) is 1.19. The molecular weight excluding hydrogens is 224 g/mol. The van der Waals surface area contributed by atoms with Crippen LogP contribution in [0.2, 0.25) is 0 Å². The molecule has 0 aliphatic heterocycles. The molecule has 1 saturated carbocycles. The smallest absolute Gasteiger partial charge is 0.150 e. The molecule has 0 aromatic carbocycles. The molecule has 1 fully saturated rings. The molecule has 0 bridgehead atoms. The minimum absolute atomic E-state index is 0.150. The van der Waals surface area contributed by atoms with Crippen LogP contribution in [0.25, 0.3) is 0 Å². The van der Waals surface area contributed by atoms with E-state index < -0.39 is 9.84 Å². The zero-order valence-electron chi connectivity index (χ0n) is 10.2. The van der Waals surface area contributed by atoms with Gasteiger partial charge in [-0.1, -0.05) is 6.42 Å². The van der Waals surface area contributed by atoms with Crippen LogP contribution < -0.4 is 0 Å². The molecule has 92 valence electrons. The second-order valence-electron chi connectivity index (χ2n) is 4.74. The van der Waals surface area contributed by atoms with Gasteiger partial charge in [0, 0.05) is 12.3 Å². The number of rotatable bonds is 3. The average molecular weight is 244 g/mol. The Morgan fingerprint density at radius 2 is 2.06 bits per heavy atom. The second-order valence-corrected chi connectivity index (χ2v) is 7.07. The van der Waals surface area contributed by atoms with Gasteiger partial charge >= 0.3 is 0 Å². The lowest BCUT2D eigenvalue weighted by Crippen LogP contribution is -2.43. The van der Waals surface area contributed by atoms with Crippen molar-refractivity contribution in [2.24, 2.45) is 0 Å². The average Bonchev–Trinajstić information content (AvgIpc) is 2.26. The highest BCUT2D eigenvalue weighted by atomic mass is 32.2. The van der Waals surface area contributed by atoms with Gasteiger partial charge in [0.2, 0.25) is 0 Å². The molecule has 0 aromatic heterocycles. The van der Waals surface area contributed by atoms with Crippen LogP contribution in [-0.2, 0) is 9.84 Å². The standard InChI is InChI=1S/C11H20N2O2S/c1-9(8-12)13(2)10-5-4-6-11(7-10)16(3,14)15/h9-11H,4-7H2,1-3H3. The van der Waals surface area contributed by atoms with Crippen molar-refractivity contribution in [2.75, 3.05) is 13.3 Å². The van der Waals surface area contributed by atoms with Gasteiger partial charge in [-0.15, -0.1) is 0 Å². The molecule has 1 rings (SSSR count). The van der Waals surface area contributed by atoms with Gasteiger partial charge in [-0.05, 0) is 33.2 Å². The Bertz CT molecular complexity index is 372. The molecular formula is C11H20N2O2S. The first-order valence-corrected chi connectivity index (χ1v) is 7.62. The van der Waals surface area contributed by atoms with E-state index in [0.29, 0.717) is 6.42 Å². The number of hydrogen-bond donors (Lipinski definition) is 0. The quantitative estimate of drug-likeness (QED) is 0.748. The first-order valence-electron chi connectivity index (χ1n) is 5.66. The van der Waals surface area contributed by atoms with Crippen molar-refractivity contribution in [3.8, 4) is 6.07 Å². The van der Waals surface area contributed by atoms with Crippen molar-refractivity contribution in [2.45, 2.75) is 49.9 Å². The molecule has 1 aliphatic carbocycles. The summed E-state index contributed by atoms with van der Waals surface area (Å²) in [5.41, 5.74) is 0. The van der Waals surface area contributed by atoms with E-state index in [4.69, 9.17) is 5.26 Å². The van der Waals surface area contributed by atoms with Crippen molar-refractivity contribution >= 4 is 9.84 Å². The largest absolute Gasteiger partial charge is 0.288 e. The van der Waals surface area contributed by atoms with E-state index in [9.17, 15) is 8.42 Å². The first kappa shape index (κ1) is 13.5. The van der Waals surface area contributed by atoms with E-state index in [1.165, 1.54) is 6.26 Å². The fourth-order valence-electron chi connectivity index (χ4n) is 2.29. The molecule has 5 heteroatoms. The summed E-state index contributed by atoms with van der Waals surface area (Å²) in [7, 11) is -1.03. The highest BCUT2D eigenvalue weighted by molar-refractivity contribution is 7.91. The van der Waals surface area contributed by atoms with Crippen molar-refractivity contribution in [3.05, 3.63) is 0 Å². The Kier molecular flexibility index (Phi) is 4.34. The zero-order valence-corrected chi connectivity index (χ0v) is 11.0. The Hall–Kier alpha value is -0.600. The Balaban J connectivity index is 2.68. The molecule has 0 amide bonds. The molecule has 3 unspecified atom stereocenters. The third-order valence-corrected chi connectivity index (χ3v) is 5.22. The van der Waals surface area contributed by atoms with Crippen LogP contribution in [0.15, 0.2) is 0 Å². The maximum Gasteiger partial charge on any atom is 0.150 e. The summed E-state index contributed by atoms with van der Waals surface area (Å²) >= 11 is 0. The fourth-order valence-corrected chi connectivity index (χ4v) is 3.45. The first-order chi connectivity index (χ1) is 7.36. The van der Waals surface area contributed by atoms with Gasteiger partial charge in [-0.2, -0.15) is 5.26 Å². The van der Waals surface area contributed by atoms with E-state index in [1.807, 2.05) is 18.9 Å². The van der Waals surface area contributed by atoms with E-state index in [0.717, 1.165) is 19.3 Å². The molecule has 4 nitrogen and oxygen atoms in total. The highest BCUT2D eigenvalue weighted by Gasteiger charge is 2.31. The maximum atomic E-state index is 11.5. The SMILES string of the molecule is CC(C#N)N(C)C1CCCC(S(C)(=O)=O)C1. The summed E-state index contributed by atoms with van der Waals surface area (Å²) in [6.07, 6.45) is 4.68. The topological polar surface area (TPSA) is 61.2 Å². The minimum Gasteiger partial charge on any atom is -0.288 e. The molecule has 16 heavy (non-hydrogen) atoms. The van der Waals surface area contributed by atoms with Gasteiger partial charge in [0.15, 0.2) is 0 Å². The van der Waals surface area contributed by atoms with Gasteiger partial charge in [0.05, 0.1) is 17.4 Å². The molecule has 0 radical (unpaired) electrons. The number of sulfone groups is 1. The number of nitrogens with zero attached hydrogens (tertiary/aromatic N) is 2. The third-order valence-electron chi connectivity index (χ3n) is 3.58. The molecule has 1 aliphatic rings. The summed E-state index contributed by atoms with van der Waals surface area (Å²) in [5.74, 6) is 0. The summed E-state index contributed by atoms with van der Waals surface area (Å²) in [4.78, 5) is 2.00. The van der Waals surface area contributed by atoms with Gasteiger partial charge < -0.3 is 0 Å². The minimum atomic E-state index is -2.93. The van der Waals surface area contributed by atoms with Gasteiger partial charge in [-0.3, -0.25) is 4.90 Å². The third kappa shape index (κ3) is 3.19. The van der Waals surface area contributed by atoms with Crippen molar-refractivity contribution in [1.29, 1.82) is 5.26 Å². The molecule has 0 aromatic rings. The van der Waals surface area contributed by atoms with Crippen LogP contribution in [0.4, 0.5) is 0 Å². The molecule has 0 N–H and O–H groups in total. The van der Waals surface area contributed by atoms with Gasteiger partial charge in [-0.25, -0.2) is 8.42 Å². The van der Waals surface area contributed by atoms with Crippen LogP contribution in [0.3, 0.4) is 0 Å². The van der Waals surface area contributed by atoms with E-state index in [2.05, 4.69) is 6.07 Å². The fraction of sp³-hybridized carbons (Fsp3) is 0.909. The van der Waals surface area contributed by atoms with Crippen LogP contribution in [0.5, 0.6) is 0 Å². The van der Waals surface area contributed by atoms with Crippen molar-refractivity contribution in [1.82, 2.24) is 4.90 Å². The summed E-state index contributed by atoms with van der Waals surface area (Å²) < 4.78 is 23.0. The van der Waals surface area contributed by atoms with Crippen molar-refractivity contribution in [3.63, 3.8) is 0 Å². The summed E-state index contributed by atoms with van der Waals surface area (Å²) in [6, 6.07) is 2.27. The predicted molar refractivity (Wildman–Crippen MR) is 63.7 cm³/mol. The second kappa shape index (κ2) is 5.15. The van der Waals surface area contributed by atoms with Gasteiger partial charge in [0.25, 0.3) is 0 Å². The molecule has 3 atom stereocenters. The summed E-state index contributed by atoms with van der Waals surface area (Å²) in [5, 5.41) is 8.63. The Labute approximate surface area is 98.2 Å². The van der Waals surface area contributed by atoms with Crippen LogP contribution >= 0.6 is 0 Å². The Morgan fingerprint density at radius 3 is 2.56 bits per heavy atom. The molecule has 0 spiro atoms. The Morgan fingerprint density at radius 1 is 1.44 bits per heavy atom. The van der Waals surface area contributed by atoms with Crippen LogP contribution in [0.1, 0.15) is 32.6 Å². The maximum absolute atomic E-state index is 11.5. The molecule has 0 saturated heterocycles. The van der Waals surface area contributed by atoms with E-state index in [-0.39, 0.29) is 17.3 Å². The number of hydrogen-bond acceptors (Lipinski definition) is 4. The summed E-state index contributed by atoms with van der Waals surface area (Å²) in [6.45, 7) is 1.85. The zero-order chi connectivity index (χ0) is 12.3. The van der Waals surface area contributed by atoms with Gasteiger partial charge in [0.1, 0.15) is 9.84 Å². The monoisotopic (exact) mass is 244 g/mol.